The van der Waals surface area contributed by atoms with Gasteiger partial charge in [0, 0.05) is 11.6 Å². The summed E-state index contributed by atoms with van der Waals surface area (Å²) < 4.78 is 16.4. The minimum atomic E-state index is -0.515. The summed E-state index contributed by atoms with van der Waals surface area (Å²) in [6, 6.07) is 19.9. The minimum absolute atomic E-state index is 0.419. The van der Waals surface area contributed by atoms with E-state index in [2.05, 4.69) is 12.1 Å². The molecule has 6 nitrogen and oxygen atoms in total. The Morgan fingerprint density at radius 1 is 0.774 bits per heavy atom. The topological polar surface area (TPSA) is 70.8 Å². The Bertz CT molecular complexity index is 1100. The van der Waals surface area contributed by atoms with Crippen molar-refractivity contribution in [2.45, 2.75) is 0 Å². The van der Waals surface area contributed by atoms with Gasteiger partial charge in [-0.3, -0.25) is 10.1 Å². The highest BCUT2D eigenvalue weighted by molar-refractivity contribution is 5.82. The summed E-state index contributed by atoms with van der Waals surface area (Å²) in [6.45, 7) is 0. The third kappa shape index (κ3) is 5.11. The van der Waals surface area contributed by atoms with Crippen molar-refractivity contribution in [1.29, 1.82) is 0 Å². The lowest BCUT2D eigenvalue weighted by Gasteiger charge is -2.16. The number of hydrogen-bond donors (Lipinski definition) is 0. The predicted octanol–water partition coefficient (Wildman–Crippen LogP) is 5.80. The SMILES string of the molecule is COc1cc(/C=C/[N+](=O)[O-])c(/C=C/c2ccc(-c3ccccc3)cc2)c(OC)c1OC. The van der Waals surface area contributed by atoms with Crippen LogP contribution in [-0.4, -0.2) is 26.3 Å². The van der Waals surface area contributed by atoms with Gasteiger partial charge in [0.2, 0.25) is 11.9 Å². The van der Waals surface area contributed by atoms with Crippen molar-refractivity contribution in [3.8, 4) is 28.4 Å². The van der Waals surface area contributed by atoms with Crippen molar-refractivity contribution < 1.29 is 19.1 Å². The molecule has 0 heterocycles. The average Bonchev–Trinajstić information content (AvgIpc) is 2.81. The summed E-state index contributed by atoms with van der Waals surface area (Å²) in [6.07, 6.45) is 6.05. The largest absolute Gasteiger partial charge is 0.493 e. The van der Waals surface area contributed by atoms with Gasteiger partial charge in [0.05, 0.1) is 26.3 Å². The molecule has 0 bridgehead atoms. The van der Waals surface area contributed by atoms with E-state index in [-0.39, 0.29) is 0 Å². The first-order chi connectivity index (χ1) is 15.1. The van der Waals surface area contributed by atoms with E-state index in [1.54, 1.807) is 6.07 Å². The van der Waals surface area contributed by atoms with Crippen LogP contribution in [0.25, 0.3) is 29.4 Å². The molecule has 0 atom stereocenters. The van der Waals surface area contributed by atoms with E-state index in [9.17, 15) is 10.1 Å². The van der Waals surface area contributed by atoms with Gasteiger partial charge in [-0.05, 0) is 34.4 Å². The van der Waals surface area contributed by atoms with Crippen LogP contribution in [0.4, 0.5) is 0 Å². The molecule has 3 aromatic carbocycles. The second kappa shape index (κ2) is 10.1. The highest BCUT2D eigenvalue weighted by Crippen LogP contribution is 2.43. The zero-order chi connectivity index (χ0) is 22.2. The normalized spacial score (nSPS) is 11.1. The van der Waals surface area contributed by atoms with Gasteiger partial charge in [-0.1, -0.05) is 60.7 Å². The van der Waals surface area contributed by atoms with Crippen molar-refractivity contribution in [3.05, 3.63) is 93.7 Å². The van der Waals surface area contributed by atoms with Crippen molar-refractivity contribution >= 4 is 18.2 Å². The second-order valence-corrected chi connectivity index (χ2v) is 6.57. The summed E-state index contributed by atoms with van der Waals surface area (Å²) in [4.78, 5) is 10.3. The quantitative estimate of drug-likeness (QED) is 0.263. The smallest absolute Gasteiger partial charge is 0.235 e. The highest BCUT2D eigenvalue weighted by Gasteiger charge is 2.18. The van der Waals surface area contributed by atoms with E-state index in [4.69, 9.17) is 14.2 Å². The molecule has 0 N–H and O–H groups in total. The molecule has 3 rings (SSSR count). The molecule has 0 aliphatic carbocycles. The van der Waals surface area contributed by atoms with Crippen LogP contribution in [0.15, 0.2) is 66.9 Å². The maximum Gasteiger partial charge on any atom is 0.235 e. The van der Waals surface area contributed by atoms with Crippen molar-refractivity contribution in [2.24, 2.45) is 0 Å². The summed E-state index contributed by atoms with van der Waals surface area (Å²) in [7, 11) is 4.54. The van der Waals surface area contributed by atoms with E-state index >= 15 is 0 Å². The molecule has 0 amide bonds. The lowest BCUT2D eigenvalue weighted by atomic mass is 10.0. The minimum Gasteiger partial charge on any atom is -0.493 e. The maximum atomic E-state index is 10.9. The van der Waals surface area contributed by atoms with Gasteiger partial charge in [-0.2, -0.15) is 0 Å². The Kier molecular flexibility index (Phi) is 7.06. The Labute approximate surface area is 181 Å². The van der Waals surface area contributed by atoms with E-state index in [0.717, 1.165) is 22.9 Å². The first-order valence-electron chi connectivity index (χ1n) is 9.55. The Morgan fingerprint density at radius 3 is 2.00 bits per heavy atom. The maximum absolute atomic E-state index is 10.9. The molecule has 0 unspecified atom stereocenters. The van der Waals surface area contributed by atoms with Crippen LogP contribution in [0.1, 0.15) is 16.7 Å². The number of nitro groups is 1. The van der Waals surface area contributed by atoms with Crippen LogP contribution in [0.2, 0.25) is 0 Å². The van der Waals surface area contributed by atoms with Crippen LogP contribution in [-0.2, 0) is 0 Å². The average molecular weight is 417 g/mol. The molecule has 31 heavy (non-hydrogen) atoms. The van der Waals surface area contributed by atoms with Crippen LogP contribution in [0.3, 0.4) is 0 Å². The van der Waals surface area contributed by atoms with Gasteiger partial charge in [-0.15, -0.1) is 0 Å². The van der Waals surface area contributed by atoms with Gasteiger partial charge < -0.3 is 14.2 Å². The van der Waals surface area contributed by atoms with Gasteiger partial charge in [0.15, 0.2) is 11.5 Å². The van der Waals surface area contributed by atoms with Gasteiger partial charge in [-0.25, -0.2) is 0 Å². The second-order valence-electron chi connectivity index (χ2n) is 6.57. The van der Waals surface area contributed by atoms with Crippen LogP contribution < -0.4 is 14.2 Å². The summed E-state index contributed by atoms with van der Waals surface area (Å²) in [5.74, 6) is 1.27. The van der Waals surface area contributed by atoms with E-state index < -0.39 is 4.92 Å². The molecular weight excluding hydrogens is 394 g/mol. The molecule has 158 valence electrons. The van der Waals surface area contributed by atoms with Gasteiger partial charge in [0.25, 0.3) is 0 Å². The molecule has 0 aliphatic rings. The number of benzene rings is 3. The molecule has 0 saturated carbocycles. The number of hydrogen-bond acceptors (Lipinski definition) is 5. The molecule has 6 heteroatoms. The Hall–Kier alpha value is -4.06. The predicted molar refractivity (Wildman–Crippen MR) is 123 cm³/mol. The van der Waals surface area contributed by atoms with E-state index in [0.29, 0.717) is 28.4 Å². The fraction of sp³-hybridized carbons (Fsp3) is 0.120. The third-order valence-corrected chi connectivity index (χ3v) is 4.74. The Morgan fingerprint density at radius 2 is 1.42 bits per heavy atom. The number of nitrogens with zero attached hydrogens (tertiary/aromatic N) is 1. The monoisotopic (exact) mass is 417 g/mol. The summed E-state index contributed by atoms with van der Waals surface area (Å²) in [5.41, 5.74) is 4.46. The molecule has 0 aromatic heterocycles. The lowest BCUT2D eigenvalue weighted by Crippen LogP contribution is -1.99. The molecule has 0 spiro atoms. The van der Waals surface area contributed by atoms with Crippen molar-refractivity contribution in [3.63, 3.8) is 0 Å². The van der Waals surface area contributed by atoms with Crippen LogP contribution >= 0.6 is 0 Å². The number of rotatable bonds is 8. The first kappa shape index (κ1) is 21.6. The molecular formula is C25H23NO5. The lowest BCUT2D eigenvalue weighted by molar-refractivity contribution is -0.400. The van der Waals surface area contributed by atoms with E-state index in [1.165, 1.54) is 27.4 Å². The highest BCUT2D eigenvalue weighted by atomic mass is 16.6. The zero-order valence-electron chi connectivity index (χ0n) is 17.6. The molecule has 0 radical (unpaired) electrons. The van der Waals surface area contributed by atoms with E-state index in [1.807, 2.05) is 54.6 Å². The number of methoxy groups -OCH3 is 3. The first-order valence-corrected chi connectivity index (χ1v) is 9.55. The van der Waals surface area contributed by atoms with Gasteiger partial charge >= 0.3 is 0 Å². The number of ether oxygens (including phenoxy) is 3. The summed E-state index contributed by atoms with van der Waals surface area (Å²) >= 11 is 0. The fourth-order valence-corrected chi connectivity index (χ4v) is 3.25. The molecule has 3 aromatic rings. The summed E-state index contributed by atoms with van der Waals surface area (Å²) in [5, 5.41) is 10.9. The molecule has 0 aliphatic heterocycles. The van der Waals surface area contributed by atoms with Crippen molar-refractivity contribution in [1.82, 2.24) is 0 Å². The fourth-order valence-electron chi connectivity index (χ4n) is 3.25. The zero-order valence-corrected chi connectivity index (χ0v) is 17.6. The third-order valence-electron chi connectivity index (χ3n) is 4.74. The van der Waals surface area contributed by atoms with Crippen molar-refractivity contribution in [2.75, 3.05) is 21.3 Å². The van der Waals surface area contributed by atoms with Crippen LogP contribution in [0, 0.1) is 10.1 Å². The molecule has 0 fully saturated rings. The van der Waals surface area contributed by atoms with Crippen LogP contribution in [0.5, 0.6) is 17.2 Å². The molecule has 0 saturated heterocycles. The standard InChI is InChI=1S/C25H23NO5/c1-29-23-17-21(15-16-26(27)28)22(24(30-2)25(23)31-3)14-11-18-9-12-20(13-10-18)19-7-5-4-6-8-19/h4-17H,1-3H3/b14-11+,16-15+. The Balaban J connectivity index is 2.02. The van der Waals surface area contributed by atoms with Gasteiger partial charge in [0.1, 0.15) is 0 Å².